The van der Waals surface area contributed by atoms with E-state index in [1.54, 1.807) is 19.9 Å². The highest BCUT2D eigenvalue weighted by atomic mass is 35.5. The maximum Gasteiger partial charge on any atom is 0.269 e. The fraction of sp³-hybridized carbons (Fsp3) is 0.450. The van der Waals surface area contributed by atoms with Crippen LogP contribution in [0.4, 0.5) is 4.39 Å². The largest absolute Gasteiger partial charge is 0.381 e. The second-order valence-corrected chi connectivity index (χ2v) is 7.82. The number of rotatable bonds is 6. The molecule has 6 nitrogen and oxygen atoms in total. The lowest BCUT2D eigenvalue weighted by Gasteiger charge is -2.17. The number of ether oxygens (including phenoxy) is 1. The molecule has 1 aromatic carbocycles. The van der Waals surface area contributed by atoms with Crippen LogP contribution in [0.1, 0.15) is 52.9 Å². The van der Waals surface area contributed by atoms with Crippen LogP contribution >= 0.6 is 11.6 Å². The van der Waals surface area contributed by atoms with Gasteiger partial charge in [-0.05, 0) is 30.7 Å². The van der Waals surface area contributed by atoms with Crippen molar-refractivity contribution in [3.63, 3.8) is 0 Å². The third kappa shape index (κ3) is 3.44. The Balaban J connectivity index is 1.65. The molecule has 1 saturated carbocycles. The lowest BCUT2D eigenvalue weighted by atomic mass is 10.1. The Labute approximate surface area is 167 Å². The van der Waals surface area contributed by atoms with Gasteiger partial charge in [0.15, 0.2) is 5.78 Å². The van der Waals surface area contributed by atoms with Gasteiger partial charge >= 0.3 is 0 Å². The van der Waals surface area contributed by atoms with Crippen molar-refractivity contribution in [2.45, 2.75) is 32.4 Å². The summed E-state index contributed by atoms with van der Waals surface area (Å²) in [5, 5.41) is 7.63. The van der Waals surface area contributed by atoms with Crippen LogP contribution in [0, 0.1) is 17.7 Å². The average molecular weight is 406 g/mol. The predicted octanol–water partition coefficient (Wildman–Crippen LogP) is 3.25. The van der Waals surface area contributed by atoms with Gasteiger partial charge in [0, 0.05) is 35.4 Å². The predicted molar refractivity (Wildman–Crippen MR) is 101 cm³/mol. The third-order valence-corrected chi connectivity index (χ3v) is 5.78. The quantitative estimate of drug-likeness (QED) is 0.749. The first-order chi connectivity index (χ1) is 13.4. The molecule has 1 amide bonds. The Morgan fingerprint density at radius 3 is 2.68 bits per heavy atom. The van der Waals surface area contributed by atoms with Crippen molar-refractivity contribution in [3.8, 4) is 0 Å². The van der Waals surface area contributed by atoms with Crippen molar-refractivity contribution < 1.29 is 18.7 Å². The molecule has 2 aromatic rings. The highest BCUT2D eigenvalue weighted by Crippen LogP contribution is 2.44. The van der Waals surface area contributed by atoms with E-state index in [0.29, 0.717) is 30.6 Å². The van der Waals surface area contributed by atoms with E-state index in [2.05, 4.69) is 10.4 Å². The van der Waals surface area contributed by atoms with Gasteiger partial charge in [0.25, 0.3) is 5.91 Å². The van der Waals surface area contributed by atoms with Crippen LogP contribution < -0.4 is 5.32 Å². The van der Waals surface area contributed by atoms with Gasteiger partial charge in [-0.15, -0.1) is 0 Å². The molecule has 1 aliphatic heterocycles. The summed E-state index contributed by atoms with van der Waals surface area (Å²) in [5.41, 5.74) is 1.06. The number of nitrogens with zero attached hydrogens (tertiary/aromatic N) is 2. The number of hydrogen-bond donors (Lipinski definition) is 1. The molecule has 8 heteroatoms. The zero-order valence-electron chi connectivity index (χ0n) is 15.6. The van der Waals surface area contributed by atoms with E-state index in [4.69, 9.17) is 16.3 Å². The van der Waals surface area contributed by atoms with Crippen LogP contribution in [0.2, 0.25) is 5.02 Å². The standard InChI is InChI=1S/C20H21ClFN3O3/c1-3-18(26)16-7-17(20(27)23-19-14-8-28-9-15(14)19)25(24-16)10(2)11-4-12(21)6-13(22)5-11/h4-7,10,14-15,19H,3,8-9H2,1-2H3,(H,23,27)/t10-,14-,15+,19?/m0/s1. The van der Waals surface area contributed by atoms with Crippen molar-refractivity contribution in [2.75, 3.05) is 13.2 Å². The average Bonchev–Trinajstić information content (AvgIpc) is 3.07. The number of carbonyl (C=O) groups excluding carboxylic acids is 2. The van der Waals surface area contributed by atoms with E-state index in [-0.39, 0.29) is 40.6 Å². The van der Waals surface area contributed by atoms with Gasteiger partial charge in [0.05, 0.1) is 19.3 Å². The van der Waals surface area contributed by atoms with E-state index in [0.717, 1.165) is 0 Å². The first-order valence-electron chi connectivity index (χ1n) is 9.36. The number of Topliss-reactive ketones (excluding diaryl/α,β-unsaturated/α-hetero) is 1. The molecule has 28 heavy (non-hydrogen) atoms. The third-order valence-electron chi connectivity index (χ3n) is 5.56. The van der Waals surface area contributed by atoms with Crippen molar-refractivity contribution in [1.82, 2.24) is 15.1 Å². The monoisotopic (exact) mass is 405 g/mol. The van der Waals surface area contributed by atoms with Gasteiger partial charge in [-0.3, -0.25) is 14.3 Å². The van der Waals surface area contributed by atoms with Gasteiger partial charge in [-0.25, -0.2) is 4.39 Å². The molecule has 1 aliphatic carbocycles. The maximum atomic E-state index is 13.8. The summed E-state index contributed by atoms with van der Waals surface area (Å²) in [7, 11) is 0. The Bertz CT molecular complexity index is 915. The minimum Gasteiger partial charge on any atom is -0.381 e. The van der Waals surface area contributed by atoms with Crippen molar-refractivity contribution in [2.24, 2.45) is 11.8 Å². The van der Waals surface area contributed by atoms with E-state index in [1.165, 1.54) is 22.9 Å². The Hall–Kier alpha value is -2.25. The number of aromatic nitrogens is 2. The first-order valence-corrected chi connectivity index (χ1v) is 9.74. The molecule has 1 aromatic heterocycles. The van der Waals surface area contributed by atoms with Gasteiger partial charge in [0.1, 0.15) is 17.2 Å². The molecule has 1 saturated heterocycles. The second kappa shape index (κ2) is 7.29. The fourth-order valence-electron chi connectivity index (χ4n) is 3.81. The number of ketones is 1. The molecule has 0 radical (unpaired) electrons. The van der Waals surface area contributed by atoms with E-state index >= 15 is 0 Å². The normalized spacial score (nSPS) is 23.9. The van der Waals surface area contributed by atoms with Gasteiger partial charge in [-0.2, -0.15) is 5.10 Å². The molecule has 2 fully saturated rings. The van der Waals surface area contributed by atoms with Crippen LogP contribution in [0.15, 0.2) is 24.3 Å². The molecule has 2 heterocycles. The summed E-state index contributed by atoms with van der Waals surface area (Å²) in [5.74, 6) is -0.207. The van der Waals surface area contributed by atoms with E-state index in [1.807, 2.05) is 0 Å². The van der Waals surface area contributed by atoms with Crippen molar-refractivity contribution >= 4 is 23.3 Å². The van der Waals surface area contributed by atoms with Gasteiger partial charge in [0.2, 0.25) is 0 Å². The summed E-state index contributed by atoms with van der Waals surface area (Å²) < 4.78 is 20.6. The zero-order valence-corrected chi connectivity index (χ0v) is 16.4. The van der Waals surface area contributed by atoms with Gasteiger partial charge < -0.3 is 10.1 Å². The summed E-state index contributed by atoms with van der Waals surface area (Å²) in [6.07, 6.45) is 0.280. The molecule has 4 rings (SSSR count). The Morgan fingerprint density at radius 1 is 1.32 bits per heavy atom. The number of carbonyl (C=O) groups is 2. The smallest absolute Gasteiger partial charge is 0.269 e. The second-order valence-electron chi connectivity index (χ2n) is 7.38. The topological polar surface area (TPSA) is 73.2 Å². The highest BCUT2D eigenvalue weighted by molar-refractivity contribution is 6.30. The number of nitrogens with one attached hydrogen (secondary N) is 1. The lowest BCUT2D eigenvalue weighted by Crippen LogP contribution is -2.32. The maximum absolute atomic E-state index is 13.8. The molecule has 4 atom stereocenters. The minimum absolute atomic E-state index is 0.0915. The molecule has 1 unspecified atom stereocenters. The van der Waals surface area contributed by atoms with Gasteiger partial charge in [-0.1, -0.05) is 18.5 Å². The van der Waals surface area contributed by atoms with Crippen LogP contribution in [0.3, 0.4) is 0 Å². The molecule has 148 valence electrons. The molecule has 0 bridgehead atoms. The Kier molecular flexibility index (Phi) is 4.97. The molecule has 2 aliphatic rings. The van der Waals surface area contributed by atoms with Crippen LogP contribution in [-0.4, -0.2) is 40.7 Å². The molecule has 0 spiro atoms. The minimum atomic E-state index is -0.477. The first kappa shape index (κ1) is 19.1. The lowest BCUT2D eigenvalue weighted by molar-refractivity contribution is 0.0916. The van der Waals surface area contributed by atoms with E-state index in [9.17, 15) is 14.0 Å². The summed E-state index contributed by atoms with van der Waals surface area (Å²) in [6, 6.07) is 5.32. The summed E-state index contributed by atoms with van der Waals surface area (Å²) >= 11 is 5.98. The summed E-state index contributed by atoms with van der Waals surface area (Å²) in [4.78, 5) is 25.1. The molecular formula is C20H21ClFN3O3. The van der Waals surface area contributed by atoms with Crippen LogP contribution in [0.25, 0.3) is 0 Å². The molecule has 1 N–H and O–H groups in total. The SMILES string of the molecule is CCC(=O)c1cc(C(=O)NC2[C@H]3COC[C@@H]23)n([C@@H](C)c2cc(F)cc(Cl)c2)n1. The van der Waals surface area contributed by atoms with Crippen LogP contribution in [0.5, 0.6) is 0 Å². The fourth-order valence-corrected chi connectivity index (χ4v) is 4.04. The van der Waals surface area contributed by atoms with Crippen LogP contribution in [-0.2, 0) is 4.74 Å². The zero-order chi connectivity index (χ0) is 20.0. The number of fused-ring (bicyclic) bond motifs is 1. The number of amides is 1. The highest BCUT2D eigenvalue weighted by Gasteiger charge is 2.55. The van der Waals surface area contributed by atoms with Crippen molar-refractivity contribution in [1.29, 1.82) is 0 Å². The number of hydrogen-bond acceptors (Lipinski definition) is 4. The molecular weight excluding hydrogens is 385 g/mol. The Morgan fingerprint density at radius 2 is 2.04 bits per heavy atom. The van der Waals surface area contributed by atoms with E-state index < -0.39 is 11.9 Å². The van der Waals surface area contributed by atoms with Crippen molar-refractivity contribution in [3.05, 3.63) is 52.1 Å². The summed E-state index contributed by atoms with van der Waals surface area (Å²) in [6.45, 7) is 4.84. The number of benzene rings is 1. The number of halogens is 2.